The van der Waals surface area contributed by atoms with Crippen molar-refractivity contribution in [2.24, 2.45) is 0 Å². The summed E-state index contributed by atoms with van der Waals surface area (Å²) >= 11 is 0. The summed E-state index contributed by atoms with van der Waals surface area (Å²) < 4.78 is 34.4. The Bertz CT molecular complexity index is 1130. The molecule has 3 heterocycles. The Balaban J connectivity index is 1.40. The Hall–Kier alpha value is -3.38. The van der Waals surface area contributed by atoms with E-state index >= 15 is 0 Å². The zero-order valence-corrected chi connectivity index (χ0v) is 16.6. The van der Waals surface area contributed by atoms with Crippen molar-refractivity contribution < 1.29 is 18.1 Å². The minimum Gasteiger partial charge on any atom is -0.473 e. The number of piperidine rings is 1. The van der Waals surface area contributed by atoms with E-state index in [2.05, 4.69) is 15.3 Å². The van der Waals surface area contributed by atoms with E-state index in [-0.39, 0.29) is 24.1 Å². The molecular formula is C18H18N6O5S. The van der Waals surface area contributed by atoms with Crippen molar-refractivity contribution in [3.63, 3.8) is 0 Å². The van der Waals surface area contributed by atoms with Gasteiger partial charge in [0.1, 0.15) is 6.10 Å². The van der Waals surface area contributed by atoms with Gasteiger partial charge in [-0.3, -0.25) is 10.1 Å². The molecule has 156 valence electrons. The van der Waals surface area contributed by atoms with Gasteiger partial charge in [-0.15, -0.1) is 10.2 Å². The Morgan fingerprint density at radius 2 is 1.83 bits per heavy atom. The molecule has 12 heteroatoms. The van der Waals surface area contributed by atoms with Crippen LogP contribution < -0.4 is 4.74 Å². The summed E-state index contributed by atoms with van der Waals surface area (Å²) in [7, 11) is -3.97. The van der Waals surface area contributed by atoms with Crippen LogP contribution in [0.2, 0.25) is 0 Å². The maximum atomic E-state index is 12.9. The lowest BCUT2D eigenvalue weighted by Gasteiger charge is -2.30. The van der Waals surface area contributed by atoms with Crippen LogP contribution in [0.15, 0.2) is 59.8 Å². The second kappa shape index (κ2) is 8.16. The molecule has 4 rings (SSSR count). The van der Waals surface area contributed by atoms with Gasteiger partial charge in [0.2, 0.25) is 15.9 Å². The Morgan fingerprint density at radius 1 is 1.07 bits per heavy atom. The summed E-state index contributed by atoms with van der Waals surface area (Å²) in [5.74, 6) is 0.892. The number of hydrogen-bond acceptors (Lipinski definition) is 8. The second-order valence-corrected chi connectivity index (χ2v) is 8.53. The molecule has 0 bridgehead atoms. The molecule has 0 amide bonds. The van der Waals surface area contributed by atoms with E-state index in [0.717, 1.165) is 0 Å². The standard InChI is InChI=1S/C18H18N6O5S/c25-24(26)15-4-1-2-5-16(15)30(27,28)22-12-8-14(9-13-22)29-18-7-6-17(20-21-18)23-11-3-10-19-23/h1-7,10-11,14H,8-9,12-13H2. The first kappa shape index (κ1) is 19.9. The fourth-order valence-electron chi connectivity index (χ4n) is 3.23. The quantitative estimate of drug-likeness (QED) is 0.427. The number of hydrogen-bond donors (Lipinski definition) is 0. The highest BCUT2D eigenvalue weighted by atomic mass is 32.2. The predicted octanol–water partition coefficient (Wildman–Crippen LogP) is 1.80. The number of sulfonamides is 1. The molecule has 0 saturated carbocycles. The molecule has 0 aliphatic carbocycles. The highest BCUT2D eigenvalue weighted by molar-refractivity contribution is 7.89. The SMILES string of the molecule is O=[N+]([O-])c1ccccc1S(=O)(=O)N1CCC(Oc2ccc(-n3cccn3)nn2)CC1. The molecular weight excluding hydrogens is 412 g/mol. The zero-order valence-electron chi connectivity index (χ0n) is 15.7. The third kappa shape index (κ3) is 4.00. The Morgan fingerprint density at radius 3 is 2.47 bits per heavy atom. The van der Waals surface area contributed by atoms with Gasteiger partial charge < -0.3 is 4.74 Å². The lowest BCUT2D eigenvalue weighted by Crippen LogP contribution is -2.42. The fraction of sp³-hybridized carbons (Fsp3) is 0.278. The molecule has 0 atom stereocenters. The third-order valence-corrected chi connectivity index (χ3v) is 6.68. The average molecular weight is 430 g/mol. The predicted molar refractivity (Wildman–Crippen MR) is 105 cm³/mol. The van der Waals surface area contributed by atoms with Crippen LogP contribution in [0.1, 0.15) is 12.8 Å². The van der Waals surface area contributed by atoms with Crippen LogP contribution in [0, 0.1) is 10.1 Å². The van der Waals surface area contributed by atoms with Crippen LogP contribution in [0.3, 0.4) is 0 Å². The molecule has 1 fully saturated rings. The lowest BCUT2D eigenvalue weighted by molar-refractivity contribution is -0.387. The number of ether oxygens (including phenoxy) is 1. The van der Waals surface area contributed by atoms with Gasteiger partial charge in [-0.05, 0) is 31.0 Å². The number of aromatic nitrogens is 4. The monoisotopic (exact) mass is 430 g/mol. The minimum atomic E-state index is -3.97. The van der Waals surface area contributed by atoms with Gasteiger partial charge in [-0.2, -0.15) is 9.40 Å². The maximum absolute atomic E-state index is 12.9. The third-order valence-electron chi connectivity index (χ3n) is 4.73. The first-order valence-corrected chi connectivity index (χ1v) is 10.6. The van der Waals surface area contributed by atoms with Crippen LogP contribution in [-0.4, -0.2) is 56.8 Å². The summed E-state index contributed by atoms with van der Waals surface area (Å²) in [6.07, 6.45) is 4.02. The highest BCUT2D eigenvalue weighted by Crippen LogP contribution is 2.28. The number of nitro groups is 1. The van der Waals surface area contributed by atoms with E-state index in [4.69, 9.17) is 4.74 Å². The van der Waals surface area contributed by atoms with Gasteiger partial charge in [-0.1, -0.05) is 12.1 Å². The molecule has 1 saturated heterocycles. The molecule has 0 radical (unpaired) electrons. The number of benzene rings is 1. The number of rotatable bonds is 6. The van der Waals surface area contributed by atoms with Crippen LogP contribution in [0.4, 0.5) is 5.69 Å². The van der Waals surface area contributed by atoms with Crippen molar-refractivity contribution in [3.8, 4) is 11.7 Å². The minimum absolute atomic E-state index is 0.192. The van der Waals surface area contributed by atoms with E-state index in [1.165, 1.54) is 28.6 Å². The van der Waals surface area contributed by atoms with Gasteiger partial charge in [0.15, 0.2) is 10.7 Å². The normalized spacial score (nSPS) is 15.7. The summed E-state index contributed by atoms with van der Waals surface area (Å²) in [4.78, 5) is 10.2. The summed E-state index contributed by atoms with van der Waals surface area (Å²) in [6.45, 7) is 0.385. The van der Waals surface area contributed by atoms with Gasteiger partial charge in [0.05, 0.1) is 4.92 Å². The summed E-state index contributed by atoms with van der Waals surface area (Å²) in [5.41, 5.74) is -0.427. The molecule has 3 aromatic rings. The van der Waals surface area contributed by atoms with Crippen molar-refractivity contribution in [2.45, 2.75) is 23.8 Å². The molecule has 30 heavy (non-hydrogen) atoms. The molecule has 11 nitrogen and oxygen atoms in total. The zero-order chi connectivity index (χ0) is 21.1. The number of nitrogens with zero attached hydrogens (tertiary/aromatic N) is 6. The molecule has 1 aliphatic rings. The summed E-state index contributed by atoms with van der Waals surface area (Å²) in [6, 6.07) is 10.5. The van der Waals surface area contributed by atoms with E-state index < -0.39 is 20.6 Å². The smallest absolute Gasteiger partial charge is 0.289 e. The average Bonchev–Trinajstić information content (AvgIpc) is 3.29. The lowest BCUT2D eigenvalue weighted by atomic mass is 10.1. The Kier molecular flexibility index (Phi) is 5.42. The van der Waals surface area contributed by atoms with E-state index in [1.54, 1.807) is 35.3 Å². The van der Waals surface area contributed by atoms with Crippen molar-refractivity contribution in [1.82, 2.24) is 24.3 Å². The fourth-order valence-corrected chi connectivity index (χ4v) is 4.86. The van der Waals surface area contributed by atoms with Gasteiger partial charge in [0, 0.05) is 37.6 Å². The van der Waals surface area contributed by atoms with E-state index in [9.17, 15) is 18.5 Å². The van der Waals surface area contributed by atoms with Gasteiger partial charge >= 0.3 is 0 Å². The molecule has 1 aliphatic heterocycles. The van der Waals surface area contributed by atoms with Crippen molar-refractivity contribution in [3.05, 3.63) is 65.0 Å². The summed E-state index contributed by atoms with van der Waals surface area (Å²) in [5, 5.41) is 23.4. The Labute approximate surface area is 172 Å². The van der Waals surface area contributed by atoms with Crippen LogP contribution >= 0.6 is 0 Å². The molecule has 0 N–H and O–H groups in total. The van der Waals surface area contributed by atoms with Crippen LogP contribution in [0.25, 0.3) is 5.82 Å². The van der Waals surface area contributed by atoms with Crippen LogP contribution in [0.5, 0.6) is 5.88 Å². The first-order valence-electron chi connectivity index (χ1n) is 9.19. The van der Waals surface area contributed by atoms with Crippen molar-refractivity contribution >= 4 is 15.7 Å². The molecule has 1 aromatic carbocycles. The topological polar surface area (TPSA) is 133 Å². The molecule has 0 unspecified atom stereocenters. The second-order valence-electron chi connectivity index (χ2n) is 6.63. The number of para-hydroxylation sites is 1. The first-order chi connectivity index (χ1) is 14.4. The van der Waals surface area contributed by atoms with Gasteiger partial charge in [0.25, 0.3) is 5.69 Å². The van der Waals surface area contributed by atoms with E-state index in [1.807, 2.05) is 0 Å². The van der Waals surface area contributed by atoms with Crippen LogP contribution in [-0.2, 0) is 10.0 Å². The van der Waals surface area contributed by atoms with Gasteiger partial charge in [-0.25, -0.2) is 13.1 Å². The maximum Gasteiger partial charge on any atom is 0.289 e. The highest BCUT2D eigenvalue weighted by Gasteiger charge is 2.34. The van der Waals surface area contributed by atoms with Crippen molar-refractivity contribution in [1.29, 1.82) is 0 Å². The molecule has 2 aromatic heterocycles. The van der Waals surface area contributed by atoms with Crippen molar-refractivity contribution in [2.75, 3.05) is 13.1 Å². The number of nitro benzene ring substituents is 1. The molecule has 0 spiro atoms. The van der Waals surface area contributed by atoms with E-state index in [0.29, 0.717) is 24.5 Å². The largest absolute Gasteiger partial charge is 0.473 e.